The van der Waals surface area contributed by atoms with E-state index in [0.717, 1.165) is 63.9 Å². The standard InChI is InChI=1S/C21H29N5O2.HI/c1-3-17-6-5-7-18(14-17)24-20(27)15-23-21(22-4-2)26-9-8-19(16-26)25-10-12-28-13-11-25;/h1,5-7,14,19H,4,8-13,15-16H2,2H3,(H,22,23)(H,24,27);1H. The highest BCUT2D eigenvalue weighted by Crippen LogP contribution is 2.17. The van der Waals surface area contributed by atoms with Crippen LogP contribution in [0.15, 0.2) is 29.3 Å². The Morgan fingerprint density at radius 3 is 2.86 bits per heavy atom. The third-order valence-corrected chi connectivity index (χ3v) is 5.05. The molecular weight excluding hydrogens is 481 g/mol. The van der Waals surface area contributed by atoms with Crippen LogP contribution in [0.1, 0.15) is 18.9 Å². The first kappa shape index (κ1) is 23.4. The molecule has 3 rings (SSSR count). The van der Waals surface area contributed by atoms with Crippen molar-refractivity contribution >= 4 is 41.5 Å². The van der Waals surface area contributed by atoms with E-state index >= 15 is 0 Å². The number of carbonyl (C=O) groups excluding carboxylic acids is 1. The number of guanidine groups is 1. The van der Waals surface area contributed by atoms with E-state index in [1.807, 2.05) is 25.1 Å². The van der Waals surface area contributed by atoms with Crippen molar-refractivity contribution in [2.75, 3.05) is 57.8 Å². The summed E-state index contributed by atoms with van der Waals surface area (Å²) in [7, 11) is 0. The Kier molecular flexibility index (Phi) is 9.70. The van der Waals surface area contributed by atoms with Gasteiger partial charge in [0.2, 0.25) is 5.91 Å². The number of morpholine rings is 1. The van der Waals surface area contributed by atoms with Gasteiger partial charge in [-0.2, -0.15) is 0 Å². The molecule has 0 spiro atoms. The average Bonchev–Trinajstić information content (AvgIpc) is 3.22. The van der Waals surface area contributed by atoms with Crippen molar-refractivity contribution in [3.8, 4) is 12.3 Å². The minimum Gasteiger partial charge on any atom is -0.379 e. The second kappa shape index (κ2) is 12.0. The Labute approximate surface area is 190 Å². The van der Waals surface area contributed by atoms with Crippen molar-refractivity contribution in [2.45, 2.75) is 19.4 Å². The van der Waals surface area contributed by atoms with Gasteiger partial charge >= 0.3 is 0 Å². The summed E-state index contributed by atoms with van der Waals surface area (Å²) in [6.45, 7) is 8.35. The molecular formula is C21H30IN5O2. The second-order valence-corrected chi connectivity index (χ2v) is 6.98. The summed E-state index contributed by atoms with van der Waals surface area (Å²) in [6.07, 6.45) is 6.51. The number of likely N-dealkylation sites (tertiary alicyclic amines) is 1. The maximum absolute atomic E-state index is 12.3. The molecule has 2 heterocycles. The summed E-state index contributed by atoms with van der Waals surface area (Å²) in [5, 5.41) is 6.17. The van der Waals surface area contributed by atoms with Crippen LogP contribution in [0.2, 0.25) is 0 Å². The van der Waals surface area contributed by atoms with Crippen molar-refractivity contribution in [2.24, 2.45) is 4.99 Å². The van der Waals surface area contributed by atoms with Crippen molar-refractivity contribution in [3.63, 3.8) is 0 Å². The third kappa shape index (κ3) is 6.87. The lowest BCUT2D eigenvalue weighted by molar-refractivity contribution is -0.114. The fraction of sp³-hybridized carbons (Fsp3) is 0.524. The highest BCUT2D eigenvalue weighted by Gasteiger charge is 2.30. The predicted molar refractivity (Wildman–Crippen MR) is 127 cm³/mol. The molecule has 8 heteroatoms. The lowest BCUT2D eigenvalue weighted by Gasteiger charge is -2.32. The lowest BCUT2D eigenvalue weighted by Crippen LogP contribution is -2.46. The summed E-state index contributed by atoms with van der Waals surface area (Å²) in [5.41, 5.74) is 1.43. The molecule has 1 aromatic carbocycles. The molecule has 1 amide bonds. The molecule has 29 heavy (non-hydrogen) atoms. The smallest absolute Gasteiger partial charge is 0.246 e. The molecule has 7 nitrogen and oxygen atoms in total. The first-order chi connectivity index (χ1) is 13.7. The van der Waals surface area contributed by atoms with Crippen molar-refractivity contribution in [1.29, 1.82) is 0 Å². The Morgan fingerprint density at radius 1 is 1.34 bits per heavy atom. The Balaban J connectivity index is 0.00000300. The lowest BCUT2D eigenvalue weighted by atomic mass is 10.2. The van der Waals surface area contributed by atoms with Gasteiger partial charge in [0.05, 0.1) is 13.2 Å². The molecule has 2 N–H and O–H groups in total. The third-order valence-electron chi connectivity index (χ3n) is 5.05. The number of amides is 1. The van der Waals surface area contributed by atoms with Gasteiger partial charge < -0.3 is 20.3 Å². The van der Waals surface area contributed by atoms with E-state index in [0.29, 0.717) is 11.7 Å². The topological polar surface area (TPSA) is 69.2 Å². The number of aliphatic imine (C=N–C) groups is 1. The van der Waals surface area contributed by atoms with Crippen molar-refractivity contribution < 1.29 is 9.53 Å². The van der Waals surface area contributed by atoms with Gasteiger partial charge in [0, 0.05) is 50.0 Å². The van der Waals surface area contributed by atoms with Crippen LogP contribution in [0.25, 0.3) is 0 Å². The second-order valence-electron chi connectivity index (χ2n) is 6.98. The average molecular weight is 511 g/mol. The molecule has 2 aliphatic rings. The van der Waals surface area contributed by atoms with E-state index in [1.165, 1.54) is 0 Å². The van der Waals surface area contributed by atoms with E-state index in [1.54, 1.807) is 6.07 Å². The molecule has 0 aliphatic carbocycles. The number of terminal acetylenes is 1. The molecule has 1 unspecified atom stereocenters. The fourth-order valence-corrected chi connectivity index (χ4v) is 3.63. The number of hydrogen-bond acceptors (Lipinski definition) is 4. The molecule has 0 bridgehead atoms. The Hall–Kier alpha value is -1.83. The SMILES string of the molecule is C#Cc1cccc(NC(=O)CN=C(NCC)N2CCC(N3CCOCC3)C2)c1.I. The number of hydrogen-bond donors (Lipinski definition) is 2. The largest absolute Gasteiger partial charge is 0.379 e. The summed E-state index contributed by atoms with van der Waals surface area (Å²) < 4.78 is 5.45. The zero-order chi connectivity index (χ0) is 19.8. The monoisotopic (exact) mass is 511 g/mol. The molecule has 2 fully saturated rings. The number of rotatable bonds is 5. The maximum Gasteiger partial charge on any atom is 0.246 e. The van der Waals surface area contributed by atoms with Gasteiger partial charge in [0.15, 0.2) is 5.96 Å². The van der Waals surface area contributed by atoms with Crippen LogP contribution in [-0.4, -0.2) is 80.2 Å². The van der Waals surface area contributed by atoms with E-state index in [2.05, 4.69) is 31.3 Å². The number of nitrogens with one attached hydrogen (secondary N) is 2. The van der Waals surface area contributed by atoms with Gasteiger partial charge in [-0.25, -0.2) is 4.99 Å². The number of carbonyl (C=O) groups is 1. The Morgan fingerprint density at radius 2 is 2.14 bits per heavy atom. The van der Waals surface area contributed by atoms with Gasteiger partial charge in [-0.1, -0.05) is 12.0 Å². The number of nitrogens with zero attached hydrogens (tertiary/aromatic N) is 3. The summed E-state index contributed by atoms with van der Waals surface area (Å²) in [5.74, 6) is 3.21. The van der Waals surface area contributed by atoms with Gasteiger partial charge in [0.25, 0.3) is 0 Å². The zero-order valence-corrected chi connectivity index (χ0v) is 19.2. The number of anilines is 1. The predicted octanol–water partition coefficient (Wildman–Crippen LogP) is 1.60. The minimum atomic E-state index is -0.159. The van der Waals surface area contributed by atoms with E-state index in [9.17, 15) is 4.79 Å². The van der Waals surface area contributed by atoms with Gasteiger partial charge in [-0.15, -0.1) is 30.4 Å². The van der Waals surface area contributed by atoms with Crippen molar-refractivity contribution in [1.82, 2.24) is 15.1 Å². The van der Waals surface area contributed by atoms with E-state index in [-0.39, 0.29) is 36.4 Å². The Bertz CT molecular complexity index is 743. The molecule has 0 saturated carbocycles. The molecule has 1 aromatic rings. The van der Waals surface area contributed by atoms with Gasteiger partial charge in [0.1, 0.15) is 6.54 Å². The van der Waals surface area contributed by atoms with E-state index in [4.69, 9.17) is 11.2 Å². The minimum absolute atomic E-state index is 0. The number of benzene rings is 1. The maximum atomic E-state index is 12.3. The summed E-state index contributed by atoms with van der Waals surface area (Å²) >= 11 is 0. The highest BCUT2D eigenvalue weighted by molar-refractivity contribution is 14.0. The van der Waals surface area contributed by atoms with Crippen LogP contribution in [0.4, 0.5) is 5.69 Å². The molecule has 2 saturated heterocycles. The first-order valence-electron chi connectivity index (χ1n) is 9.91. The molecule has 158 valence electrons. The van der Waals surface area contributed by atoms with Gasteiger partial charge in [-0.05, 0) is 31.5 Å². The molecule has 0 radical (unpaired) electrons. The summed E-state index contributed by atoms with van der Waals surface area (Å²) in [6, 6.07) is 7.78. The van der Waals surface area contributed by atoms with Crippen LogP contribution < -0.4 is 10.6 Å². The molecule has 0 aromatic heterocycles. The highest BCUT2D eigenvalue weighted by atomic mass is 127. The van der Waals surface area contributed by atoms with Crippen LogP contribution in [-0.2, 0) is 9.53 Å². The zero-order valence-electron chi connectivity index (χ0n) is 16.9. The molecule has 2 aliphatic heterocycles. The fourth-order valence-electron chi connectivity index (χ4n) is 3.63. The molecule has 1 atom stereocenters. The first-order valence-corrected chi connectivity index (χ1v) is 9.91. The number of ether oxygens (including phenoxy) is 1. The van der Waals surface area contributed by atoms with Crippen molar-refractivity contribution in [3.05, 3.63) is 29.8 Å². The van der Waals surface area contributed by atoms with Crippen LogP contribution in [0.5, 0.6) is 0 Å². The quantitative estimate of drug-likeness (QED) is 0.272. The van der Waals surface area contributed by atoms with Crippen LogP contribution in [0.3, 0.4) is 0 Å². The van der Waals surface area contributed by atoms with Gasteiger partial charge in [-0.3, -0.25) is 9.69 Å². The number of halogens is 1. The van der Waals surface area contributed by atoms with Crippen LogP contribution in [0, 0.1) is 12.3 Å². The van der Waals surface area contributed by atoms with Crippen LogP contribution >= 0.6 is 24.0 Å². The normalized spacial score (nSPS) is 19.9. The summed E-state index contributed by atoms with van der Waals surface area (Å²) in [4.78, 5) is 21.6. The van der Waals surface area contributed by atoms with E-state index < -0.39 is 0 Å².